The predicted octanol–water partition coefficient (Wildman–Crippen LogP) is 3.27. The minimum absolute atomic E-state index is 0.103. The standard InChI is InChI=1S/C23H19N3O2/c1-13-10-15(7-9-20(13)28-2)23-18-12-24-26-19-8-6-14-4-3-5-16(22(14)19)17(18)11-21(27)25-23/h3-12,23-24H,1-2H3,(H,25,27)/t23-/m1/s1. The topological polar surface area (TPSA) is 67.0 Å². The number of amides is 1. The fourth-order valence-corrected chi connectivity index (χ4v) is 4.11. The van der Waals surface area contributed by atoms with Gasteiger partial charge < -0.3 is 10.1 Å². The summed E-state index contributed by atoms with van der Waals surface area (Å²) in [6.07, 6.45) is 3.56. The van der Waals surface area contributed by atoms with E-state index in [9.17, 15) is 4.79 Å². The summed E-state index contributed by atoms with van der Waals surface area (Å²) in [6, 6.07) is 15.9. The highest BCUT2D eigenvalue weighted by molar-refractivity contribution is 6.08. The second kappa shape index (κ2) is 6.23. The van der Waals surface area contributed by atoms with Crippen molar-refractivity contribution in [3.05, 3.63) is 76.6 Å². The van der Waals surface area contributed by atoms with Crippen molar-refractivity contribution in [1.29, 1.82) is 0 Å². The molecule has 0 unspecified atom stereocenters. The number of hydrogen-bond donors (Lipinski definition) is 2. The third-order valence-electron chi connectivity index (χ3n) is 5.41. The van der Waals surface area contributed by atoms with Gasteiger partial charge in [-0.05, 0) is 52.2 Å². The number of methoxy groups -OCH3 is 1. The van der Waals surface area contributed by atoms with Gasteiger partial charge in [-0.15, -0.1) is 0 Å². The van der Waals surface area contributed by atoms with Crippen LogP contribution in [0.5, 0.6) is 5.75 Å². The monoisotopic (exact) mass is 369 g/mol. The molecule has 0 radical (unpaired) electrons. The number of nitrogens with zero attached hydrogens (tertiary/aromatic N) is 1. The van der Waals surface area contributed by atoms with Crippen molar-refractivity contribution in [2.75, 3.05) is 7.11 Å². The van der Waals surface area contributed by atoms with E-state index >= 15 is 0 Å². The van der Waals surface area contributed by atoms with E-state index in [2.05, 4.69) is 39.8 Å². The van der Waals surface area contributed by atoms with E-state index in [0.29, 0.717) is 0 Å². The van der Waals surface area contributed by atoms with Crippen molar-refractivity contribution in [3.8, 4) is 17.0 Å². The Morgan fingerprint density at radius 2 is 2.00 bits per heavy atom. The summed E-state index contributed by atoms with van der Waals surface area (Å²) in [4.78, 5) is 12.6. The van der Waals surface area contributed by atoms with E-state index in [4.69, 9.17) is 4.74 Å². The first-order valence-corrected chi connectivity index (χ1v) is 9.18. The van der Waals surface area contributed by atoms with Crippen LogP contribution in [0.4, 0.5) is 0 Å². The third kappa shape index (κ3) is 2.47. The zero-order chi connectivity index (χ0) is 19.3. The number of aryl methyl sites for hydroxylation is 1. The summed E-state index contributed by atoms with van der Waals surface area (Å²) >= 11 is 0. The van der Waals surface area contributed by atoms with Gasteiger partial charge >= 0.3 is 0 Å². The molecule has 2 aromatic carbocycles. The van der Waals surface area contributed by atoms with Crippen LogP contribution in [-0.2, 0) is 4.79 Å². The molecule has 0 saturated heterocycles. The van der Waals surface area contributed by atoms with Crippen LogP contribution in [0.3, 0.4) is 0 Å². The fourth-order valence-electron chi connectivity index (χ4n) is 4.11. The van der Waals surface area contributed by atoms with E-state index in [0.717, 1.165) is 49.7 Å². The number of fused-ring (bicyclic) bond motifs is 2. The Kier molecular flexibility index (Phi) is 3.69. The van der Waals surface area contributed by atoms with Crippen molar-refractivity contribution >= 4 is 22.8 Å². The van der Waals surface area contributed by atoms with Gasteiger partial charge in [-0.1, -0.05) is 30.3 Å². The maximum absolute atomic E-state index is 12.6. The Hall–Kier alpha value is -3.60. The number of H-pyrrole nitrogens is 1. The van der Waals surface area contributed by atoms with E-state index in [1.165, 1.54) is 0 Å². The zero-order valence-electron chi connectivity index (χ0n) is 15.6. The van der Waals surface area contributed by atoms with Gasteiger partial charge in [-0.25, -0.2) is 0 Å². The molecule has 5 rings (SSSR count). The van der Waals surface area contributed by atoms with E-state index < -0.39 is 0 Å². The lowest BCUT2D eigenvalue weighted by molar-refractivity contribution is -0.115. The average molecular weight is 369 g/mol. The van der Waals surface area contributed by atoms with Gasteiger partial charge in [0.15, 0.2) is 0 Å². The van der Waals surface area contributed by atoms with Gasteiger partial charge in [0.2, 0.25) is 5.91 Å². The highest BCUT2D eigenvalue weighted by Crippen LogP contribution is 2.32. The van der Waals surface area contributed by atoms with E-state index in [1.54, 1.807) is 13.2 Å². The van der Waals surface area contributed by atoms with Crippen LogP contribution in [0, 0.1) is 6.92 Å². The number of carbonyl (C=O) groups is 1. The number of ether oxygens (including phenoxy) is 1. The molecular weight excluding hydrogens is 350 g/mol. The maximum Gasteiger partial charge on any atom is 0.245 e. The van der Waals surface area contributed by atoms with E-state index in [-0.39, 0.29) is 11.9 Å². The molecule has 2 aliphatic heterocycles. The molecule has 0 bridgehead atoms. The zero-order valence-corrected chi connectivity index (χ0v) is 15.6. The first kappa shape index (κ1) is 16.6. The smallest absolute Gasteiger partial charge is 0.245 e. The summed E-state index contributed by atoms with van der Waals surface area (Å²) in [5, 5.41) is 13.7. The largest absolute Gasteiger partial charge is 0.496 e. The quantitative estimate of drug-likeness (QED) is 0.570. The van der Waals surface area contributed by atoms with Gasteiger partial charge in [0, 0.05) is 23.4 Å². The normalized spacial score (nSPS) is 15.8. The molecule has 2 aromatic rings. The Morgan fingerprint density at radius 3 is 2.82 bits per heavy atom. The number of rotatable bonds is 2. The molecule has 138 valence electrons. The highest BCUT2D eigenvalue weighted by atomic mass is 16.5. The number of aromatic amines is 1. The summed E-state index contributed by atoms with van der Waals surface area (Å²) in [5.74, 6) is 0.723. The molecule has 1 atom stereocenters. The minimum Gasteiger partial charge on any atom is -0.496 e. The van der Waals surface area contributed by atoms with Crippen LogP contribution in [0.25, 0.3) is 28.1 Å². The maximum atomic E-state index is 12.6. The summed E-state index contributed by atoms with van der Waals surface area (Å²) < 4.78 is 5.38. The predicted molar refractivity (Wildman–Crippen MR) is 109 cm³/mol. The summed E-state index contributed by atoms with van der Waals surface area (Å²) in [7, 11) is 1.66. The molecule has 5 nitrogen and oxygen atoms in total. The Balaban J connectivity index is 1.83. The van der Waals surface area contributed by atoms with Crippen LogP contribution in [0.2, 0.25) is 0 Å². The first-order chi connectivity index (χ1) is 13.7. The van der Waals surface area contributed by atoms with E-state index in [1.807, 2.05) is 37.4 Å². The van der Waals surface area contributed by atoms with Gasteiger partial charge in [-0.3, -0.25) is 9.89 Å². The van der Waals surface area contributed by atoms with Gasteiger partial charge in [0.1, 0.15) is 5.75 Å². The van der Waals surface area contributed by atoms with Crippen molar-refractivity contribution in [2.45, 2.75) is 13.0 Å². The number of carbonyl (C=O) groups excluding carboxylic acids is 1. The molecule has 0 saturated carbocycles. The first-order valence-electron chi connectivity index (χ1n) is 9.18. The van der Waals surface area contributed by atoms with Crippen LogP contribution in [0.1, 0.15) is 22.7 Å². The van der Waals surface area contributed by atoms with Crippen molar-refractivity contribution in [1.82, 2.24) is 15.5 Å². The lowest BCUT2D eigenvalue weighted by Gasteiger charge is -2.24. The molecule has 0 aromatic heterocycles. The molecule has 28 heavy (non-hydrogen) atoms. The summed E-state index contributed by atoms with van der Waals surface area (Å²) in [6.45, 7) is 2.00. The molecular formula is C23H19N3O2. The van der Waals surface area contributed by atoms with Gasteiger partial charge in [-0.2, -0.15) is 5.10 Å². The molecule has 2 N–H and O–H groups in total. The highest BCUT2D eigenvalue weighted by Gasteiger charge is 2.24. The number of aromatic nitrogens is 2. The lowest BCUT2D eigenvalue weighted by atomic mass is 9.92. The van der Waals surface area contributed by atoms with Gasteiger partial charge in [0.05, 0.1) is 18.8 Å². The van der Waals surface area contributed by atoms with Crippen molar-refractivity contribution in [2.24, 2.45) is 0 Å². The van der Waals surface area contributed by atoms with Crippen molar-refractivity contribution in [3.63, 3.8) is 0 Å². The summed E-state index contributed by atoms with van der Waals surface area (Å²) in [5.41, 5.74) is 4.94. The second-order valence-corrected chi connectivity index (χ2v) is 7.06. The molecule has 0 fully saturated rings. The number of nitrogens with one attached hydrogen (secondary N) is 2. The van der Waals surface area contributed by atoms with Gasteiger partial charge in [0.25, 0.3) is 0 Å². The molecule has 5 heteroatoms. The van der Waals surface area contributed by atoms with Crippen LogP contribution in [-0.4, -0.2) is 23.2 Å². The molecule has 3 aliphatic rings. The second-order valence-electron chi connectivity index (χ2n) is 7.06. The Labute approximate surface area is 162 Å². The molecule has 1 amide bonds. The van der Waals surface area contributed by atoms with Crippen LogP contribution in [0.15, 0.2) is 54.7 Å². The van der Waals surface area contributed by atoms with Crippen LogP contribution >= 0.6 is 0 Å². The Morgan fingerprint density at radius 1 is 1.11 bits per heavy atom. The minimum atomic E-state index is -0.272. The SMILES string of the molecule is COc1ccc([C@H]2NC(=O)C=c3c2c[nH]nc2ccc4cccc3c4-2)cc1C. The van der Waals surface area contributed by atoms with Crippen molar-refractivity contribution < 1.29 is 9.53 Å². The molecule has 1 aliphatic carbocycles. The van der Waals surface area contributed by atoms with Crippen LogP contribution < -0.4 is 15.3 Å². The molecule has 2 heterocycles. The number of benzene rings is 2. The molecule has 0 spiro atoms. The Bertz CT molecular complexity index is 1270. The average Bonchev–Trinajstić information content (AvgIpc) is 3.10. The fraction of sp³-hybridized carbons (Fsp3) is 0.130. The number of hydrogen-bond acceptors (Lipinski definition) is 3. The third-order valence-corrected chi connectivity index (χ3v) is 5.41. The lowest BCUT2D eigenvalue weighted by Crippen LogP contribution is -2.37.